The maximum absolute atomic E-state index is 10.7. The van der Waals surface area contributed by atoms with Crippen LogP contribution in [0.3, 0.4) is 0 Å². The number of aliphatic hydroxyl groups is 1. The number of rotatable bonds is 3. The second-order valence-corrected chi connectivity index (χ2v) is 3.43. The number of aliphatic hydroxyl groups excluding tert-OH is 1. The van der Waals surface area contributed by atoms with Crippen LogP contribution in [0.25, 0.3) is 0 Å². The molecule has 3 N–H and O–H groups in total. The highest BCUT2D eigenvalue weighted by Gasteiger charge is 2.11. The van der Waals surface area contributed by atoms with Gasteiger partial charge in [0.1, 0.15) is 5.75 Å². The molecule has 0 fully saturated rings. The van der Waals surface area contributed by atoms with E-state index in [-0.39, 0.29) is 5.97 Å². The Balaban J connectivity index is 2.76. The van der Waals surface area contributed by atoms with Crippen LogP contribution in [0.2, 0.25) is 0 Å². The second-order valence-electron chi connectivity index (χ2n) is 3.43. The molecule has 0 saturated carbocycles. The molecule has 4 heteroatoms. The minimum Gasteiger partial charge on any atom is -0.427 e. The van der Waals surface area contributed by atoms with Crippen molar-refractivity contribution < 1.29 is 14.6 Å². The van der Waals surface area contributed by atoms with Crippen molar-refractivity contribution in [3.8, 4) is 5.75 Å². The zero-order chi connectivity index (χ0) is 11.4. The molecule has 0 amide bonds. The van der Waals surface area contributed by atoms with E-state index in [1.807, 2.05) is 0 Å². The van der Waals surface area contributed by atoms with Gasteiger partial charge in [0.15, 0.2) is 0 Å². The van der Waals surface area contributed by atoms with E-state index in [2.05, 4.69) is 0 Å². The number of benzene rings is 1. The SMILES string of the molecule is CC(=O)Oc1ccc([C@@H](N)[C@H](C)O)cc1. The second kappa shape index (κ2) is 4.91. The molecule has 0 aliphatic rings. The van der Waals surface area contributed by atoms with Gasteiger partial charge >= 0.3 is 5.97 Å². The fourth-order valence-corrected chi connectivity index (χ4v) is 1.20. The van der Waals surface area contributed by atoms with Crippen LogP contribution >= 0.6 is 0 Å². The van der Waals surface area contributed by atoms with Crippen LogP contribution in [0.4, 0.5) is 0 Å². The molecule has 1 rings (SSSR count). The molecule has 4 nitrogen and oxygen atoms in total. The number of ether oxygens (including phenoxy) is 1. The predicted molar refractivity (Wildman–Crippen MR) is 56.4 cm³/mol. The Hall–Kier alpha value is -1.39. The number of carbonyl (C=O) groups excluding carboxylic acids is 1. The zero-order valence-electron chi connectivity index (χ0n) is 8.81. The highest BCUT2D eigenvalue weighted by atomic mass is 16.5. The van der Waals surface area contributed by atoms with Crippen molar-refractivity contribution >= 4 is 5.97 Å². The monoisotopic (exact) mass is 209 g/mol. The molecule has 0 spiro atoms. The number of hydrogen-bond acceptors (Lipinski definition) is 4. The molecule has 0 aliphatic carbocycles. The van der Waals surface area contributed by atoms with Gasteiger partial charge < -0.3 is 15.6 Å². The van der Waals surface area contributed by atoms with E-state index in [1.54, 1.807) is 31.2 Å². The standard InChI is InChI=1S/C11H15NO3/c1-7(13)11(12)9-3-5-10(6-4-9)15-8(2)14/h3-7,11,13H,12H2,1-2H3/t7-,11-/m0/s1. The van der Waals surface area contributed by atoms with E-state index >= 15 is 0 Å². The Morgan fingerprint density at radius 3 is 2.33 bits per heavy atom. The van der Waals surface area contributed by atoms with Gasteiger partial charge in [-0.3, -0.25) is 4.79 Å². The molecular formula is C11H15NO3. The summed E-state index contributed by atoms with van der Waals surface area (Å²) < 4.78 is 4.87. The summed E-state index contributed by atoms with van der Waals surface area (Å²) in [7, 11) is 0. The lowest BCUT2D eigenvalue weighted by atomic mass is 10.0. The first-order chi connectivity index (χ1) is 7.00. The van der Waals surface area contributed by atoms with Crippen LogP contribution < -0.4 is 10.5 Å². The van der Waals surface area contributed by atoms with Crippen molar-refractivity contribution in [2.75, 3.05) is 0 Å². The number of carbonyl (C=O) groups is 1. The number of hydrogen-bond donors (Lipinski definition) is 2. The summed E-state index contributed by atoms with van der Waals surface area (Å²) in [5, 5.41) is 9.28. The minimum absolute atomic E-state index is 0.359. The summed E-state index contributed by atoms with van der Waals surface area (Å²) in [6.45, 7) is 2.97. The predicted octanol–water partition coefficient (Wildman–Crippen LogP) is 0.993. The van der Waals surface area contributed by atoms with Gasteiger partial charge in [-0.1, -0.05) is 12.1 Å². The quantitative estimate of drug-likeness (QED) is 0.575. The largest absolute Gasteiger partial charge is 0.427 e. The van der Waals surface area contributed by atoms with Gasteiger partial charge in [0.2, 0.25) is 0 Å². The van der Waals surface area contributed by atoms with Crippen molar-refractivity contribution in [2.24, 2.45) is 5.73 Å². The molecule has 1 aromatic rings. The molecule has 1 aromatic carbocycles. The normalized spacial score (nSPS) is 14.4. The first kappa shape index (κ1) is 11.7. The van der Waals surface area contributed by atoms with Gasteiger partial charge in [0, 0.05) is 6.92 Å². The summed E-state index contributed by atoms with van der Waals surface area (Å²) >= 11 is 0. The van der Waals surface area contributed by atoms with Gasteiger partial charge in [-0.25, -0.2) is 0 Å². The zero-order valence-corrected chi connectivity index (χ0v) is 8.81. The summed E-state index contributed by atoms with van der Waals surface area (Å²) in [4.78, 5) is 10.7. The van der Waals surface area contributed by atoms with Crippen LogP contribution in [-0.4, -0.2) is 17.2 Å². The average molecular weight is 209 g/mol. The average Bonchev–Trinajstić information content (AvgIpc) is 2.17. The summed E-state index contributed by atoms with van der Waals surface area (Å²) in [5.41, 5.74) is 6.54. The first-order valence-corrected chi connectivity index (χ1v) is 4.72. The highest BCUT2D eigenvalue weighted by molar-refractivity contribution is 5.69. The molecular weight excluding hydrogens is 194 g/mol. The third kappa shape index (κ3) is 3.34. The Kier molecular flexibility index (Phi) is 3.82. The van der Waals surface area contributed by atoms with Crippen molar-refractivity contribution in [1.82, 2.24) is 0 Å². The van der Waals surface area contributed by atoms with E-state index in [4.69, 9.17) is 10.5 Å². The molecule has 0 saturated heterocycles. The Labute approximate surface area is 88.7 Å². The van der Waals surface area contributed by atoms with Gasteiger partial charge in [0.25, 0.3) is 0 Å². The third-order valence-electron chi connectivity index (χ3n) is 2.05. The van der Waals surface area contributed by atoms with Crippen LogP contribution in [-0.2, 0) is 4.79 Å². The lowest BCUT2D eigenvalue weighted by molar-refractivity contribution is -0.131. The molecule has 2 atom stereocenters. The minimum atomic E-state index is -0.607. The van der Waals surface area contributed by atoms with Crippen LogP contribution in [0.15, 0.2) is 24.3 Å². The highest BCUT2D eigenvalue weighted by Crippen LogP contribution is 2.18. The van der Waals surface area contributed by atoms with Crippen LogP contribution in [0.5, 0.6) is 5.75 Å². The van der Waals surface area contributed by atoms with Gasteiger partial charge in [-0.05, 0) is 24.6 Å². The van der Waals surface area contributed by atoms with Gasteiger partial charge in [0.05, 0.1) is 12.1 Å². The van der Waals surface area contributed by atoms with Crippen LogP contribution in [0, 0.1) is 0 Å². The molecule has 0 unspecified atom stereocenters. The Morgan fingerprint density at radius 2 is 1.93 bits per heavy atom. The number of esters is 1. The van der Waals surface area contributed by atoms with Crippen LogP contribution in [0.1, 0.15) is 25.5 Å². The molecule has 82 valence electrons. The maximum atomic E-state index is 10.7. The molecule has 15 heavy (non-hydrogen) atoms. The molecule has 0 aliphatic heterocycles. The van der Waals surface area contributed by atoms with Crippen molar-refractivity contribution in [3.63, 3.8) is 0 Å². The van der Waals surface area contributed by atoms with Crippen molar-refractivity contribution in [2.45, 2.75) is 26.0 Å². The third-order valence-corrected chi connectivity index (χ3v) is 2.05. The fraction of sp³-hybridized carbons (Fsp3) is 0.364. The Morgan fingerprint density at radius 1 is 1.40 bits per heavy atom. The van der Waals surface area contributed by atoms with Crippen molar-refractivity contribution in [3.05, 3.63) is 29.8 Å². The van der Waals surface area contributed by atoms with Gasteiger partial charge in [-0.15, -0.1) is 0 Å². The summed E-state index contributed by atoms with van der Waals surface area (Å²) in [6.07, 6.45) is -0.607. The van der Waals surface area contributed by atoms with Gasteiger partial charge in [-0.2, -0.15) is 0 Å². The summed E-state index contributed by atoms with van der Waals surface area (Å²) in [6, 6.07) is 6.35. The summed E-state index contributed by atoms with van der Waals surface area (Å²) in [5.74, 6) is 0.117. The van der Waals surface area contributed by atoms with E-state index < -0.39 is 12.1 Å². The molecule has 0 heterocycles. The topological polar surface area (TPSA) is 72.5 Å². The van der Waals surface area contributed by atoms with E-state index in [9.17, 15) is 9.90 Å². The smallest absolute Gasteiger partial charge is 0.308 e. The molecule has 0 bridgehead atoms. The van der Waals surface area contributed by atoms with E-state index in [0.717, 1.165) is 5.56 Å². The van der Waals surface area contributed by atoms with Crippen molar-refractivity contribution in [1.29, 1.82) is 0 Å². The first-order valence-electron chi connectivity index (χ1n) is 4.72. The number of nitrogens with two attached hydrogens (primary N) is 1. The molecule has 0 aromatic heterocycles. The lowest BCUT2D eigenvalue weighted by Crippen LogP contribution is -2.22. The maximum Gasteiger partial charge on any atom is 0.308 e. The van der Waals surface area contributed by atoms with E-state index in [0.29, 0.717) is 5.75 Å². The van der Waals surface area contributed by atoms with E-state index in [1.165, 1.54) is 6.92 Å². The fourth-order valence-electron chi connectivity index (χ4n) is 1.20. The molecule has 0 radical (unpaired) electrons. The lowest BCUT2D eigenvalue weighted by Gasteiger charge is -2.15. The Bertz CT molecular complexity index is 332.